The fourth-order valence-electron chi connectivity index (χ4n) is 1.98. The van der Waals surface area contributed by atoms with E-state index in [4.69, 9.17) is 10.2 Å². The van der Waals surface area contributed by atoms with Gasteiger partial charge in [0.1, 0.15) is 17.0 Å². The lowest BCUT2D eigenvalue weighted by Crippen LogP contribution is -2.09. The van der Waals surface area contributed by atoms with E-state index in [2.05, 4.69) is 0 Å². The van der Waals surface area contributed by atoms with E-state index in [1.165, 1.54) is 12.1 Å². The highest BCUT2D eigenvalue weighted by Crippen LogP contribution is 2.28. The molecule has 0 amide bonds. The summed E-state index contributed by atoms with van der Waals surface area (Å²) < 4.78 is 5.69. The first-order chi connectivity index (χ1) is 9.16. The summed E-state index contributed by atoms with van der Waals surface area (Å²) in [6.07, 6.45) is 0. The van der Waals surface area contributed by atoms with Crippen molar-refractivity contribution in [2.24, 2.45) is 0 Å². The van der Waals surface area contributed by atoms with Gasteiger partial charge in [0.25, 0.3) is 0 Å². The minimum absolute atomic E-state index is 0.0735. The summed E-state index contributed by atoms with van der Waals surface area (Å²) in [4.78, 5) is 12.2. The standard InChI is InChI=1S/C15H11NO3/c16-13-14(18)11-3-1-2-4-12(11)19-15(13)9-5-7-10(17)8-6-9/h1-8,17H,16H2. The average molecular weight is 253 g/mol. The van der Waals surface area contributed by atoms with E-state index in [1.54, 1.807) is 36.4 Å². The van der Waals surface area contributed by atoms with Gasteiger partial charge in [-0.15, -0.1) is 0 Å². The first-order valence-electron chi connectivity index (χ1n) is 5.77. The van der Waals surface area contributed by atoms with E-state index >= 15 is 0 Å². The Morgan fingerprint density at radius 2 is 1.68 bits per heavy atom. The highest BCUT2D eigenvalue weighted by atomic mass is 16.3. The Morgan fingerprint density at radius 1 is 1.00 bits per heavy atom. The van der Waals surface area contributed by atoms with Gasteiger partial charge in [-0.3, -0.25) is 4.79 Å². The number of phenolic OH excluding ortho intramolecular Hbond substituents is 1. The quantitative estimate of drug-likeness (QED) is 0.699. The lowest BCUT2D eigenvalue weighted by Gasteiger charge is -2.06. The predicted octanol–water partition coefficient (Wildman–Crippen LogP) is 2.75. The number of benzene rings is 2. The maximum atomic E-state index is 12.2. The molecule has 1 heterocycles. The third-order valence-electron chi connectivity index (χ3n) is 2.96. The van der Waals surface area contributed by atoms with Gasteiger partial charge in [-0.05, 0) is 36.4 Å². The van der Waals surface area contributed by atoms with Crippen molar-refractivity contribution in [2.45, 2.75) is 0 Å². The van der Waals surface area contributed by atoms with Crippen LogP contribution in [-0.4, -0.2) is 5.11 Å². The van der Waals surface area contributed by atoms with E-state index in [-0.39, 0.29) is 16.9 Å². The van der Waals surface area contributed by atoms with Gasteiger partial charge in [0.2, 0.25) is 5.43 Å². The van der Waals surface area contributed by atoms with Crippen LogP contribution >= 0.6 is 0 Å². The monoisotopic (exact) mass is 253 g/mol. The van der Waals surface area contributed by atoms with Crippen LogP contribution < -0.4 is 11.2 Å². The largest absolute Gasteiger partial charge is 0.508 e. The Balaban J connectivity index is 2.33. The van der Waals surface area contributed by atoms with E-state index in [0.717, 1.165) is 0 Å². The molecule has 19 heavy (non-hydrogen) atoms. The number of fused-ring (bicyclic) bond motifs is 1. The Kier molecular flexibility index (Phi) is 2.49. The summed E-state index contributed by atoms with van der Waals surface area (Å²) in [7, 11) is 0. The predicted molar refractivity (Wildman–Crippen MR) is 74.0 cm³/mol. The van der Waals surface area contributed by atoms with Crippen LogP contribution in [0.25, 0.3) is 22.3 Å². The molecule has 4 heteroatoms. The fourth-order valence-corrected chi connectivity index (χ4v) is 1.98. The highest BCUT2D eigenvalue weighted by Gasteiger charge is 2.12. The van der Waals surface area contributed by atoms with Gasteiger partial charge in [-0.1, -0.05) is 12.1 Å². The molecule has 2 aromatic carbocycles. The number of hydrogen-bond acceptors (Lipinski definition) is 4. The van der Waals surface area contributed by atoms with Gasteiger partial charge in [-0.2, -0.15) is 0 Å². The molecule has 0 atom stereocenters. The van der Waals surface area contributed by atoms with Crippen molar-refractivity contribution in [3.63, 3.8) is 0 Å². The van der Waals surface area contributed by atoms with Crippen LogP contribution in [0.4, 0.5) is 5.69 Å². The molecular formula is C15H11NO3. The van der Waals surface area contributed by atoms with Crippen LogP contribution in [0, 0.1) is 0 Å². The van der Waals surface area contributed by atoms with Gasteiger partial charge in [-0.25, -0.2) is 0 Å². The highest BCUT2D eigenvalue weighted by molar-refractivity contribution is 5.85. The molecule has 3 N–H and O–H groups in total. The molecule has 0 spiro atoms. The van der Waals surface area contributed by atoms with E-state index in [9.17, 15) is 9.90 Å². The molecule has 0 aliphatic heterocycles. The topological polar surface area (TPSA) is 76.5 Å². The maximum Gasteiger partial charge on any atom is 0.216 e. The van der Waals surface area contributed by atoms with Crippen LogP contribution in [0.1, 0.15) is 0 Å². The normalized spacial score (nSPS) is 10.7. The second-order valence-corrected chi connectivity index (χ2v) is 4.22. The molecule has 0 radical (unpaired) electrons. The number of para-hydroxylation sites is 1. The zero-order chi connectivity index (χ0) is 13.4. The molecule has 4 nitrogen and oxygen atoms in total. The Bertz CT molecular complexity index is 804. The molecule has 0 bridgehead atoms. The summed E-state index contributed by atoms with van der Waals surface area (Å²) in [6.45, 7) is 0. The van der Waals surface area contributed by atoms with Crippen molar-refractivity contribution in [1.82, 2.24) is 0 Å². The first kappa shape index (κ1) is 11.3. The van der Waals surface area contributed by atoms with Gasteiger partial charge < -0.3 is 15.3 Å². The Labute approximate surface area is 108 Å². The Hall–Kier alpha value is -2.75. The number of hydrogen-bond donors (Lipinski definition) is 2. The lowest BCUT2D eigenvalue weighted by atomic mass is 10.1. The summed E-state index contributed by atoms with van der Waals surface area (Å²) in [6, 6.07) is 13.3. The maximum absolute atomic E-state index is 12.2. The minimum Gasteiger partial charge on any atom is -0.508 e. The zero-order valence-corrected chi connectivity index (χ0v) is 9.96. The minimum atomic E-state index is -0.245. The van der Waals surface area contributed by atoms with Gasteiger partial charge in [0.05, 0.1) is 5.39 Å². The van der Waals surface area contributed by atoms with E-state index in [1.807, 2.05) is 0 Å². The summed E-state index contributed by atoms with van der Waals surface area (Å²) in [5.41, 5.74) is 6.82. The number of phenols is 1. The number of nitrogens with two attached hydrogens (primary N) is 1. The molecule has 1 aromatic heterocycles. The van der Waals surface area contributed by atoms with E-state index < -0.39 is 0 Å². The van der Waals surface area contributed by atoms with Crippen molar-refractivity contribution >= 4 is 16.7 Å². The number of rotatable bonds is 1. The molecule has 3 rings (SSSR count). The molecule has 0 aliphatic rings. The number of aromatic hydroxyl groups is 1. The van der Waals surface area contributed by atoms with Crippen LogP contribution in [0.2, 0.25) is 0 Å². The van der Waals surface area contributed by atoms with Crippen LogP contribution in [0.3, 0.4) is 0 Å². The zero-order valence-electron chi connectivity index (χ0n) is 9.96. The van der Waals surface area contributed by atoms with Gasteiger partial charge >= 0.3 is 0 Å². The number of anilines is 1. The molecule has 0 aliphatic carbocycles. The average Bonchev–Trinajstić information content (AvgIpc) is 2.44. The van der Waals surface area contributed by atoms with Crippen molar-refractivity contribution in [1.29, 1.82) is 0 Å². The summed E-state index contributed by atoms with van der Waals surface area (Å²) in [5, 5.41) is 9.74. The number of nitrogen functional groups attached to an aromatic ring is 1. The van der Waals surface area contributed by atoms with Gasteiger partial charge in [0.15, 0.2) is 5.76 Å². The van der Waals surface area contributed by atoms with Crippen molar-refractivity contribution in [3.05, 3.63) is 58.8 Å². The molecular weight excluding hydrogens is 242 g/mol. The second-order valence-electron chi connectivity index (χ2n) is 4.22. The molecule has 3 aromatic rings. The van der Waals surface area contributed by atoms with Crippen LogP contribution in [0.5, 0.6) is 5.75 Å². The Morgan fingerprint density at radius 3 is 2.42 bits per heavy atom. The molecule has 0 fully saturated rings. The van der Waals surface area contributed by atoms with Crippen LogP contribution in [-0.2, 0) is 0 Å². The van der Waals surface area contributed by atoms with Gasteiger partial charge in [0, 0.05) is 5.56 Å². The molecule has 0 saturated carbocycles. The summed E-state index contributed by atoms with van der Waals surface area (Å²) >= 11 is 0. The van der Waals surface area contributed by atoms with Crippen molar-refractivity contribution in [2.75, 3.05) is 5.73 Å². The fraction of sp³-hybridized carbons (Fsp3) is 0. The first-order valence-corrected chi connectivity index (χ1v) is 5.77. The lowest BCUT2D eigenvalue weighted by molar-refractivity contribution is 0.475. The third kappa shape index (κ3) is 1.83. The molecule has 0 saturated heterocycles. The SMILES string of the molecule is Nc1c(-c2ccc(O)cc2)oc2ccccc2c1=O. The summed E-state index contributed by atoms with van der Waals surface area (Å²) in [5.74, 6) is 0.467. The van der Waals surface area contributed by atoms with Crippen LogP contribution in [0.15, 0.2) is 57.7 Å². The third-order valence-corrected chi connectivity index (χ3v) is 2.96. The molecule has 0 unspecified atom stereocenters. The van der Waals surface area contributed by atoms with E-state index in [0.29, 0.717) is 22.3 Å². The second kappa shape index (κ2) is 4.17. The molecule has 94 valence electrons. The van der Waals surface area contributed by atoms with Crippen molar-refractivity contribution in [3.8, 4) is 17.1 Å². The van der Waals surface area contributed by atoms with Crippen molar-refractivity contribution < 1.29 is 9.52 Å². The smallest absolute Gasteiger partial charge is 0.216 e.